The van der Waals surface area contributed by atoms with Gasteiger partial charge in [0.2, 0.25) is 11.9 Å². The number of hydrogen-bond acceptors (Lipinski definition) is 9. The lowest BCUT2D eigenvalue weighted by Crippen LogP contribution is -2.10. The highest BCUT2D eigenvalue weighted by Crippen LogP contribution is 2.23. The molecule has 0 unspecified atom stereocenters. The number of para-hydroxylation sites is 1. The number of aromatic nitrogens is 3. The van der Waals surface area contributed by atoms with E-state index in [0.29, 0.717) is 6.29 Å². The summed E-state index contributed by atoms with van der Waals surface area (Å²) in [5.74, 6) is 0.649. The van der Waals surface area contributed by atoms with Gasteiger partial charge in [0.15, 0.2) is 12.1 Å². The third kappa shape index (κ3) is 4.51. The molecule has 27 heavy (non-hydrogen) atoms. The fourth-order valence-corrected chi connectivity index (χ4v) is 2.22. The van der Waals surface area contributed by atoms with Gasteiger partial charge in [-0.25, -0.2) is 0 Å². The monoisotopic (exact) mass is 366 g/mol. The van der Waals surface area contributed by atoms with Crippen molar-refractivity contribution in [1.82, 2.24) is 15.0 Å². The third-order valence-corrected chi connectivity index (χ3v) is 3.42. The van der Waals surface area contributed by atoms with E-state index in [-0.39, 0.29) is 41.3 Å². The van der Waals surface area contributed by atoms with Crippen LogP contribution in [0.1, 0.15) is 16.2 Å². The molecule has 1 aromatic heterocycles. The highest BCUT2D eigenvalue weighted by molar-refractivity contribution is 5.80. The molecule has 0 aliphatic heterocycles. The highest BCUT2D eigenvalue weighted by atomic mass is 16.6. The Kier molecular flexibility index (Phi) is 5.17. The number of nitro benzene ring substituents is 1. The average molecular weight is 366 g/mol. The van der Waals surface area contributed by atoms with Crippen LogP contribution in [0, 0.1) is 10.1 Å². The van der Waals surface area contributed by atoms with Gasteiger partial charge in [0.25, 0.3) is 5.69 Å². The molecule has 0 amide bonds. The second-order valence-corrected chi connectivity index (χ2v) is 5.31. The van der Waals surface area contributed by atoms with Gasteiger partial charge in [-0.1, -0.05) is 18.2 Å². The smallest absolute Gasteiger partial charge is 0.270 e. The van der Waals surface area contributed by atoms with Crippen LogP contribution in [0.25, 0.3) is 0 Å². The maximum absolute atomic E-state index is 11.2. The van der Waals surface area contributed by atoms with Crippen LogP contribution in [-0.2, 0) is 6.61 Å². The van der Waals surface area contributed by atoms with Crippen LogP contribution >= 0.6 is 0 Å². The van der Waals surface area contributed by atoms with E-state index < -0.39 is 4.92 Å². The first-order valence-electron chi connectivity index (χ1n) is 7.74. The molecule has 0 saturated carbocycles. The predicted molar refractivity (Wildman–Crippen MR) is 96.8 cm³/mol. The SMILES string of the molecule is Nc1nc(COc2ccc([N+](=O)[O-])cc2C=O)nc(Nc2ccccc2)n1. The molecular weight excluding hydrogens is 352 g/mol. The topological polar surface area (TPSA) is 146 Å². The Bertz CT molecular complexity index is 980. The third-order valence-electron chi connectivity index (χ3n) is 3.42. The number of nitrogens with two attached hydrogens (primary N) is 1. The first-order chi connectivity index (χ1) is 13.0. The van der Waals surface area contributed by atoms with E-state index in [1.807, 2.05) is 30.3 Å². The summed E-state index contributed by atoms with van der Waals surface area (Å²) in [6.45, 7) is -0.102. The van der Waals surface area contributed by atoms with Crippen LogP contribution in [-0.4, -0.2) is 26.2 Å². The lowest BCUT2D eigenvalue weighted by atomic mass is 10.2. The summed E-state index contributed by atoms with van der Waals surface area (Å²) < 4.78 is 5.52. The van der Waals surface area contributed by atoms with Crippen molar-refractivity contribution in [2.45, 2.75) is 6.61 Å². The number of hydrogen-bond donors (Lipinski definition) is 2. The summed E-state index contributed by atoms with van der Waals surface area (Å²) in [7, 11) is 0. The predicted octanol–water partition coefficient (Wildman–Crippen LogP) is 2.50. The molecule has 3 N–H and O–H groups in total. The molecular formula is C17H14N6O4. The lowest BCUT2D eigenvalue weighted by molar-refractivity contribution is -0.384. The van der Waals surface area contributed by atoms with Gasteiger partial charge in [-0.15, -0.1) is 0 Å². The van der Waals surface area contributed by atoms with Crippen LogP contribution < -0.4 is 15.8 Å². The normalized spacial score (nSPS) is 10.2. The van der Waals surface area contributed by atoms with Crippen molar-refractivity contribution in [2.75, 3.05) is 11.1 Å². The Morgan fingerprint density at radius 1 is 1.15 bits per heavy atom. The summed E-state index contributed by atoms with van der Waals surface area (Å²) >= 11 is 0. The Morgan fingerprint density at radius 3 is 2.63 bits per heavy atom. The van der Waals surface area contributed by atoms with Crippen molar-refractivity contribution >= 4 is 29.6 Å². The zero-order valence-corrected chi connectivity index (χ0v) is 13.9. The second kappa shape index (κ2) is 7.87. The summed E-state index contributed by atoms with van der Waals surface area (Å²) in [4.78, 5) is 33.5. The van der Waals surface area contributed by atoms with E-state index in [1.54, 1.807) is 0 Å². The summed E-state index contributed by atoms with van der Waals surface area (Å²) in [5.41, 5.74) is 6.32. The summed E-state index contributed by atoms with van der Waals surface area (Å²) in [6, 6.07) is 13.0. The number of nitro groups is 1. The van der Waals surface area contributed by atoms with Crippen LogP contribution in [0.2, 0.25) is 0 Å². The quantitative estimate of drug-likeness (QED) is 0.365. The van der Waals surface area contributed by atoms with Crippen LogP contribution in [0.15, 0.2) is 48.5 Å². The van der Waals surface area contributed by atoms with Crippen molar-refractivity contribution in [3.8, 4) is 5.75 Å². The number of nitrogens with one attached hydrogen (secondary N) is 1. The van der Waals surface area contributed by atoms with Crippen LogP contribution in [0.3, 0.4) is 0 Å². The minimum Gasteiger partial charge on any atom is -0.485 e. The summed E-state index contributed by atoms with van der Waals surface area (Å²) in [5, 5.41) is 13.8. The number of benzene rings is 2. The molecule has 0 spiro atoms. The number of rotatable bonds is 7. The molecule has 136 valence electrons. The molecule has 0 aliphatic rings. The van der Waals surface area contributed by atoms with E-state index in [2.05, 4.69) is 20.3 Å². The molecule has 10 heteroatoms. The van der Waals surface area contributed by atoms with Gasteiger partial charge >= 0.3 is 0 Å². The molecule has 0 saturated heterocycles. The molecule has 1 heterocycles. The lowest BCUT2D eigenvalue weighted by Gasteiger charge is -2.09. The highest BCUT2D eigenvalue weighted by Gasteiger charge is 2.12. The minimum absolute atomic E-state index is 0.00124. The minimum atomic E-state index is -0.592. The van der Waals surface area contributed by atoms with Crippen molar-refractivity contribution in [1.29, 1.82) is 0 Å². The van der Waals surface area contributed by atoms with E-state index in [1.165, 1.54) is 12.1 Å². The molecule has 0 aliphatic carbocycles. The molecule has 2 aromatic carbocycles. The Balaban J connectivity index is 1.76. The number of aldehydes is 1. The fourth-order valence-electron chi connectivity index (χ4n) is 2.22. The molecule has 0 fully saturated rings. The molecule has 0 atom stereocenters. The largest absolute Gasteiger partial charge is 0.485 e. The average Bonchev–Trinajstić information content (AvgIpc) is 2.66. The van der Waals surface area contributed by atoms with Gasteiger partial charge in [0.05, 0.1) is 10.5 Å². The maximum atomic E-state index is 11.2. The molecule has 3 aromatic rings. The van der Waals surface area contributed by atoms with Gasteiger partial charge in [0, 0.05) is 17.8 Å². The van der Waals surface area contributed by atoms with E-state index in [9.17, 15) is 14.9 Å². The first-order valence-corrected chi connectivity index (χ1v) is 7.74. The van der Waals surface area contributed by atoms with Gasteiger partial charge in [-0.05, 0) is 18.2 Å². The van der Waals surface area contributed by atoms with E-state index in [0.717, 1.165) is 11.8 Å². The fraction of sp³-hybridized carbons (Fsp3) is 0.0588. The first kappa shape index (κ1) is 17.7. The number of anilines is 3. The van der Waals surface area contributed by atoms with Crippen molar-refractivity contribution in [3.63, 3.8) is 0 Å². The Hall–Kier alpha value is -4.08. The maximum Gasteiger partial charge on any atom is 0.270 e. The number of nitrogens with zero attached hydrogens (tertiary/aromatic N) is 4. The Morgan fingerprint density at radius 2 is 1.93 bits per heavy atom. The molecule has 0 bridgehead atoms. The standard InChI is InChI=1S/C17H14N6O4/c18-16-20-15(21-17(22-16)19-12-4-2-1-3-5-12)10-27-14-7-6-13(23(25)26)8-11(14)9-24/h1-9H,10H2,(H3,18,19,20,21,22). The zero-order valence-electron chi connectivity index (χ0n) is 13.9. The van der Waals surface area contributed by atoms with Crippen LogP contribution in [0.4, 0.5) is 23.3 Å². The molecule has 0 radical (unpaired) electrons. The van der Waals surface area contributed by atoms with E-state index >= 15 is 0 Å². The number of non-ortho nitro benzene ring substituents is 1. The number of ether oxygens (including phenoxy) is 1. The molecule has 10 nitrogen and oxygen atoms in total. The summed E-state index contributed by atoms with van der Waals surface area (Å²) in [6.07, 6.45) is 0.479. The number of carbonyl (C=O) groups excluding carboxylic acids is 1. The van der Waals surface area contributed by atoms with E-state index in [4.69, 9.17) is 10.5 Å². The van der Waals surface area contributed by atoms with Gasteiger partial charge < -0.3 is 15.8 Å². The molecule has 3 rings (SSSR count). The van der Waals surface area contributed by atoms with Gasteiger partial charge in [0.1, 0.15) is 12.4 Å². The van der Waals surface area contributed by atoms with Crippen molar-refractivity contribution < 1.29 is 14.5 Å². The zero-order chi connectivity index (χ0) is 19.2. The van der Waals surface area contributed by atoms with Crippen molar-refractivity contribution in [3.05, 3.63) is 70.0 Å². The number of carbonyl (C=O) groups is 1. The van der Waals surface area contributed by atoms with Gasteiger partial charge in [-0.3, -0.25) is 14.9 Å². The number of nitrogen functional groups attached to an aromatic ring is 1. The van der Waals surface area contributed by atoms with Crippen molar-refractivity contribution in [2.24, 2.45) is 0 Å². The Labute approximate surface area is 153 Å². The second-order valence-electron chi connectivity index (χ2n) is 5.31. The van der Waals surface area contributed by atoms with Gasteiger partial charge in [-0.2, -0.15) is 15.0 Å². The van der Waals surface area contributed by atoms with Crippen LogP contribution in [0.5, 0.6) is 5.75 Å².